The Morgan fingerprint density at radius 2 is 0.938 bits per heavy atom. The topological polar surface area (TPSA) is 0 Å². The van der Waals surface area contributed by atoms with Crippen LogP contribution < -0.4 is 0 Å². The fraction of sp³-hybridized carbons (Fsp3) is 1.00. The lowest BCUT2D eigenvalue weighted by atomic mass is 10.3. The highest BCUT2D eigenvalue weighted by atomic mass is 79.9. The maximum Gasteiger partial charge on any atom is -0.0289 e. The molecule has 0 spiro atoms. The SMILES string of the molecule is Br.Br.CC(C)CP(C)CCP(C)CC(C)C. The molecule has 0 aliphatic rings. The minimum atomic E-state index is 0. The summed E-state index contributed by atoms with van der Waals surface area (Å²) in [7, 11) is 0.677. The first-order valence-electron chi connectivity index (χ1n) is 5.79. The zero-order chi connectivity index (χ0) is 11.1. The average molecular weight is 396 g/mol. The summed E-state index contributed by atoms with van der Waals surface area (Å²) in [4.78, 5) is 0. The van der Waals surface area contributed by atoms with Gasteiger partial charge in [0.1, 0.15) is 0 Å². The van der Waals surface area contributed by atoms with Crippen molar-refractivity contribution in [3.63, 3.8) is 0 Å². The Morgan fingerprint density at radius 1 is 0.688 bits per heavy atom. The van der Waals surface area contributed by atoms with Crippen LogP contribution in [0.5, 0.6) is 0 Å². The molecule has 16 heavy (non-hydrogen) atoms. The minimum absolute atomic E-state index is 0. The van der Waals surface area contributed by atoms with Gasteiger partial charge in [-0.3, -0.25) is 0 Å². The monoisotopic (exact) mass is 394 g/mol. The summed E-state index contributed by atoms with van der Waals surface area (Å²) in [6.45, 7) is 14.4. The Hall–Kier alpha value is 1.82. The van der Waals surface area contributed by atoms with Crippen LogP contribution in [0.1, 0.15) is 27.7 Å². The molecule has 4 heteroatoms. The van der Waals surface area contributed by atoms with E-state index in [1.54, 1.807) is 0 Å². The number of hydrogen-bond acceptors (Lipinski definition) is 0. The van der Waals surface area contributed by atoms with Crippen molar-refractivity contribution < 1.29 is 0 Å². The fourth-order valence-electron chi connectivity index (χ4n) is 1.77. The van der Waals surface area contributed by atoms with Crippen molar-refractivity contribution >= 4 is 49.8 Å². The maximum absolute atomic E-state index is 2.48. The maximum atomic E-state index is 2.48. The van der Waals surface area contributed by atoms with Crippen LogP contribution in [0, 0.1) is 11.8 Å². The van der Waals surface area contributed by atoms with E-state index in [4.69, 9.17) is 0 Å². The minimum Gasteiger partial charge on any atom is -0.114 e. The zero-order valence-electron chi connectivity index (χ0n) is 11.7. The molecular weight excluding hydrogens is 366 g/mol. The fourth-order valence-corrected chi connectivity index (χ4v) is 7.36. The van der Waals surface area contributed by atoms with Gasteiger partial charge in [-0.05, 0) is 49.8 Å². The Labute approximate surface area is 127 Å². The van der Waals surface area contributed by atoms with Crippen molar-refractivity contribution in [1.29, 1.82) is 0 Å². The van der Waals surface area contributed by atoms with E-state index in [9.17, 15) is 0 Å². The molecule has 0 rings (SSSR count). The molecule has 0 amide bonds. The summed E-state index contributed by atoms with van der Waals surface area (Å²) in [5.74, 6) is 1.80. The molecule has 0 aromatic rings. The molecule has 0 aliphatic carbocycles. The van der Waals surface area contributed by atoms with Gasteiger partial charge in [0, 0.05) is 0 Å². The van der Waals surface area contributed by atoms with Crippen LogP contribution in [-0.2, 0) is 0 Å². The van der Waals surface area contributed by atoms with Crippen LogP contribution in [0.3, 0.4) is 0 Å². The molecule has 0 aromatic carbocycles. The number of hydrogen-bond donors (Lipinski definition) is 0. The van der Waals surface area contributed by atoms with Crippen LogP contribution in [0.2, 0.25) is 0 Å². The average Bonchev–Trinajstić information content (AvgIpc) is 1.98. The predicted octanol–water partition coefficient (Wildman–Crippen LogP) is 5.68. The van der Waals surface area contributed by atoms with Gasteiger partial charge in [0.15, 0.2) is 0 Å². The van der Waals surface area contributed by atoms with Crippen LogP contribution in [0.15, 0.2) is 0 Å². The highest BCUT2D eigenvalue weighted by Crippen LogP contribution is 2.40. The van der Waals surface area contributed by atoms with Crippen molar-refractivity contribution in [3.05, 3.63) is 0 Å². The predicted molar refractivity (Wildman–Crippen MR) is 95.5 cm³/mol. The quantitative estimate of drug-likeness (QED) is 0.486. The molecule has 2 unspecified atom stereocenters. The lowest BCUT2D eigenvalue weighted by molar-refractivity contribution is 0.742. The molecule has 0 nitrogen and oxygen atoms in total. The van der Waals surface area contributed by atoms with Gasteiger partial charge >= 0.3 is 0 Å². The van der Waals surface area contributed by atoms with E-state index >= 15 is 0 Å². The lowest BCUT2D eigenvalue weighted by Crippen LogP contribution is -2.02. The van der Waals surface area contributed by atoms with E-state index in [0.29, 0.717) is 15.8 Å². The Balaban J connectivity index is -0.000000845. The molecule has 0 fully saturated rings. The van der Waals surface area contributed by atoms with Gasteiger partial charge in [-0.1, -0.05) is 27.7 Å². The van der Waals surface area contributed by atoms with E-state index in [0.717, 1.165) is 11.8 Å². The summed E-state index contributed by atoms with van der Waals surface area (Å²) in [5, 5.41) is 0. The smallest absolute Gasteiger partial charge is 0.0289 e. The third-order valence-corrected chi connectivity index (χ3v) is 7.25. The van der Waals surface area contributed by atoms with Gasteiger partial charge in [0.25, 0.3) is 0 Å². The Morgan fingerprint density at radius 3 is 1.12 bits per heavy atom. The normalized spacial score (nSPS) is 14.2. The highest BCUT2D eigenvalue weighted by Gasteiger charge is 2.08. The van der Waals surface area contributed by atoms with Crippen LogP contribution in [0.25, 0.3) is 0 Å². The second-order valence-electron chi connectivity index (χ2n) is 5.31. The molecule has 0 saturated carbocycles. The first-order valence-corrected chi connectivity index (χ1v) is 10.1. The Bertz CT molecular complexity index is 125. The third-order valence-electron chi connectivity index (χ3n) is 2.22. The van der Waals surface area contributed by atoms with Crippen LogP contribution >= 0.6 is 49.8 Å². The standard InChI is InChI=1S/C12H28P2.2BrH/c1-11(2)9-13(5)7-8-14(6)10-12(3)4;;/h11-12H,7-10H2,1-6H3;2*1H. The molecule has 102 valence electrons. The van der Waals surface area contributed by atoms with Gasteiger partial charge in [-0.25, -0.2) is 0 Å². The van der Waals surface area contributed by atoms with Crippen LogP contribution in [-0.4, -0.2) is 38.0 Å². The van der Waals surface area contributed by atoms with Crippen molar-refractivity contribution in [2.45, 2.75) is 27.7 Å². The molecule has 0 aromatic heterocycles. The van der Waals surface area contributed by atoms with Crippen molar-refractivity contribution in [1.82, 2.24) is 0 Å². The first-order chi connectivity index (χ1) is 6.41. The molecule has 0 bridgehead atoms. The van der Waals surface area contributed by atoms with Gasteiger partial charge in [-0.2, -0.15) is 0 Å². The Kier molecular flexibility index (Phi) is 19.0. The lowest BCUT2D eigenvalue weighted by Gasteiger charge is -2.19. The second-order valence-corrected chi connectivity index (χ2v) is 10.4. The summed E-state index contributed by atoms with van der Waals surface area (Å²) >= 11 is 0. The van der Waals surface area contributed by atoms with E-state index in [-0.39, 0.29) is 34.0 Å². The van der Waals surface area contributed by atoms with E-state index in [1.165, 1.54) is 24.6 Å². The van der Waals surface area contributed by atoms with E-state index in [1.807, 2.05) is 0 Å². The summed E-state index contributed by atoms with van der Waals surface area (Å²) < 4.78 is 0. The summed E-state index contributed by atoms with van der Waals surface area (Å²) in [6.07, 6.45) is 5.98. The molecule has 0 N–H and O–H groups in total. The zero-order valence-corrected chi connectivity index (χ0v) is 16.9. The van der Waals surface area contributed by atoms with Crippen molar-refractivity contribution in [3.8, 4) is 0 Å². The molecule has 0 radical (unpaired) electrons. The molecular formula is C12H30Br2P2. The summed E-state index contributed by atoms with van der Waals surface area (Å²) in [5.41, 5.74) is 0. The third kappa shape index (κ3) is 15.8. The number of halogens is 2. The molecule has 0 saturated heterocycles. The number of rotatable bonds is 7. The molecule has 0 heterocycles. The van der Waals surface area contributed by atoms with Gasteiger partial charge in [0.2, 0.25) is 0 Å². The van der Waals surface area contributed by atoms with Crippen molar-refractivity contribution in [2.24, 2.45) is 11.8 Å². The van der Waals surface area contributed by atoms with Gasteiger partial charge in [0.05, 0.1) is 0 Å². The van der Waals surface area contributed by atoms with E-state index in [2.05, 4.69) is 41.0 Å². The molecule has 2 atom stereocenters. The second kappa shape index (κ2) is 13.3. The first kappa shape index (κ1) is 23.0. The van der Waals surface area contributed by atoms with Gasteiger partial charge in [-0.15, -0.1) is 49.8 Å². The van der Waals surface area contributed by atoms with E-state index < -0.39 is 0 Å². The highest BCUT2D eigenvalue weighted by molar-refractivity contribution is 8.93. The summed E-state index contributed by atoms with van der Waals surface area (Å²) in [6, 6.07) is 0. The van der Waals surface area contributed by atoms with Crippen LogP contribution in [0.4, 0.5) is 0 Å². The van der Waals surface area contributed by atoms with Crippen molar-refractivity contribution in [2.75, 3.05) is 38.0 Å². The van der Waals surface area contributed by atoms with Gasteiger partial charge < -0.3 is 0 Å². The largest absolute Gasteiger partial charge is 0.114 e. The molecule has 0 aliphatic heterocycles.